The van der Waals surface area contributed by atoms with Gasteiger partial charge in [0.25, 0.3) is 0 Å². The standard InChI is InChI=1S/C16H13Cl2FN2O2/c17-8-15(22)21(9-11-12(18)2-1-3-13(11)19)14-5-4-10-6-7-23-16(10)20-14/h1-5H,6-9H2. The number of hydrogen-bond donors (Lipinski definition) is 0. The van der Waals surface area contributed by atoms with Gasteiger partial charge >= 0.3 is 0 Å². The number of hydrogen-bond acceptors (Lipinski definition) is 3. The monoisotopic (exact) mass is 354 g/mol. The second-order valence-electron chi connectivity index (χ2n) is 5.05. The summed E-state index contributed by atoms with van der Waals surface area (Å²) in [5.74, 6) is -0.269. The summed E-state index contributed by atoms with van der Waals surface area (Å²) in [5, 5.41) is 0.245. The zero-order valence-corrected chi connectivity index (χ0v) is 13.6. The Kier molecular flexibility index (Phi) is 4.68. The molecule has 0 radical (unpaired) electrons. The van der Waals surface area contributed by atoms with Gasteiger partial charge in [-0.2, -0.15) is 4.98 Å². The Bertz CT molecular complexity index is 735. The van der Waals surface area contributed by atoms with Crippen LogP contribution in [0.1, 0.15) is 11.1 Å². The molecule has 3 rings (SSSR count). The maximum atomic E-state index is 14.0. The number of aromatic nitrogens is 1. The number of nitrogens with zero attached hydrogens (tertiary/aromatic N) is 2. The van der Waals surface area contributed by atoms with E-state index in [1.54, 1.807) is 12.1 Å². The van der Waals surface area contributed by atoms with Crippen LogP contribution in [-0.4, -0.2) is 23.4 Å². The number of carbonyl (C=O) groups excluding carboxylic acids is 1. The smallest absolute Gasteiger partial charge is 0.243 e. The Morgan fingerprint density at radius 1 is 1.35 bits per heavy atom. The number of rotatable bonds is 4. The molecule has 2 aromatic rings. The lowest BCUT2D eigenvalue weighted by molar-refractivity contribution is -0.116. The van der Waals surface area contributed by atoms with Gasteiger partial charge in [-0.25, -0.2) is 4.39 Å². The van der Waals surface area contributed by atoms with Gasteiger partial charge in [-0.05, 0) is 24.3 Å². The van der Waals surface area contributed by atoms with E-state index in [4.69, 9.17) is 27.9 Å². The van der Waals surface area contributed by atoms with Crippen LogP contribution in [0.25, 0.3) is 0 Å². The molecule has 7 heteroatoms. The molecule has 23 heavy (non-hydrogen) atoms. The highest BCUT2D eigenvalue weighted by Crippen LogP contribution is 2.28. The normalized spacial score (nSPS) is 12.7. The SMILES string of the molecule is O=C(CCl)N(Cc1c(F)cccc1Cl)c1ccc2c(n1)OCC2. The second kappa shape index (κ2) is 6.72. The van der Waals surface area contributed by atoms with E-state index in [-0.39, 0.29) is 23.0 Å². The molecule has 1 aromatic heterocycles. The highest BCUT2D eigenvalue weighted by atomic mass is 35.5. The van der Waals surface area contributed by atoms with E-state index in [0.717, 1.165) is 12.0 Å². The van der Waals surface area contributed by atoms with Gasteiger partial charge in [-0.15, -0.1) is 11.6 Å². The maximum absolute atomic E-state index is 14.0. The first-order valence-electron chi connectivity index (χ1n) is 7.02. The number of pyridine rings is 1. The molecule has 0 atom stereocenters. The molecule has 0 saturated heterocycles. The number of amides is 1. The van der Waals surface area contributed by atoms with Crippen molar-refractivity contribution >= 4 is 34.9 Å². The summed E-state index contributed by atoms with van der Waals surface area (Å²) in [6.45, 7) is 0.511. The minimum Gasteiger partial charge on any atom is -0.477 e. The molecule has 0 fully saturated rings. The summed E-state index contributed by atoms with van der Waals surface area (Å²) < 4.78 is 19.4. The van der Waals surface area contributed by atoms with Gasteiger partial charge in [0.15, 0.2) is 0 Å². The Balaban J connectivity index is 1.97. The first kappa shape index (κ1) is 16.0. The quantitative estimate of drug-likeness (QED) is 0.788. The largest absolute Gasteiger partial charge is 0.477 e. The molecule has 0 saturated carbocycles. The molecule has 2 heterocycles. The van der Waals surface area contributed by atoms with E-state index in [1.807, 2.05) is 6.07 Å². The van der Waals surface area contributed by atoms with Crippen LogP contribution in [0, 0.1) is 5.82 Å². The zero-order valence-electron chi connectivity index (χ0n) is 12.1. The number of anilines is 1. The predicted molar refractivity (Wildman–Crippen MR) is 86.8 cm³/mol. The van der Waals surface area contributed by atoms with Crippen LogP contribution in [0.4, 0.5) is 10.2 Å². The summed E-state index contributed by atoms with van der Waals surface area (Å²) >= 11 is 11.7. The van der Waals surface area contributed by atoms with Crippen molar-refractivity contribution in [2.75, 3.05) is 17.4 Å². The molecule has 0 N–H and O–H groups in total. The lowest BCUT2D eigenvalue weighted by atomic mass is 10.2. The van der Waals surface area contributed by atoms with Gasteiger partial charge in [0.1, 0.15) is 17.5 Å². The van der Waals surface area contributed by atoms with Crippen molar-refractivity contribution in [1.29, 1.82) is 0 Å². The van der Waals surface area contributed by atoms with Crippen molar-refractivity contribution in [3.8, 4) is 5.88 Å². The molecule has 1 amide bonds. The molecule has 120 valence electrons. The molecule has 0 unspecified atom stereocenters. The van der Waals surface area contributed by atoms with E-state index in [1.165, 1.54) is 17.0 Å². The van der Waals surface area contributed by atoms with Crippen molar-refractivity contribution in [3.63, 3.8) is 0 Å². The molecule has 4 nitrogen and oxygen atoms in total. The van der Waals surface area contributed by atoms with Crippen LogP contribution in [0.15, 0.2) is 30.3 Å². The molecule has 0 aliphatic carbocycles. The summed E-state index contributed by atoms with van der Waals surface area (Å²) in [6.07, 6.45) is 0.783. The minimum absolute atomic E-state index is 0.0527. The summed E-state index contributed by atoms with van der Waals surface area (Å²) in [4.78, 5) is 17.8. The van der Waals surface area contributed by atoms with E-state index < -0.39 is 11.7 Å². The topological polar surface area (TPSA) is 42.4 Å². The Labute approximate surface area is 142 Å². The third-order valence-corrected chi connectivity index (χ3v) is 4.19. The number of alkyl halides is 1. The fourth-order valence-electron chi connectivity index (χ4n) is 2.39. The molecule has 0 spiro atoms. The molecule has 1 aliphatic rings. The third kappa shape index (κ3) is 3.26. The minimum atomic E-state index is -0.484. The average Bonchev–Trinajstić information content (AvgIpc) is 3.01. The Hall–Kier alpha value is -1.85. The van der Waals surface area contributed by atoms with Crippen LogP contribution in [0.3, 0.4) is 0 Å². The van der Waals surface area contributed by atoms with E-state index in [9.17, 15) is 9.18 Å². The van der Waals surface area contributed by atoms with Crippen molar-refractivity contribution in [2.45, 2.75) is 13.0 Å². The number of ether oxygens (including phenoxy) is 1. The molecular formula is C16H13Cl2FN2O2. The van der Waals surface area contributed by atoms with Crippen LogP contribution >= 0.6 is 23.2 Å². The van der Waals surface area contributed by atoms with Crippen LogP contribution in [0.5, 0.6) is 5.88 Å². The number of carbonyl (C=O) groups is 1. The molecule has 1 aromatic carbocycles. The van der Waals surface area contributed by atoms with E-state index >= 15 is 0 Å². The number of benzene rings is 1. The first-order chi connectivity index (χ1) is 11.1. The van der Waals surface area contributed by atoms with Gasteiger partial charge < -0.3 is 4.74 Å². The van der Waals surface area contributed by atoms with Crippen molar-refractivity contribution < 1.29 is 13.9 Å². The van der Waals surface area contributed by atoms with Crippen LogP contribution in [-0.2, 0) is 17.8 Å². The van der Waals surface area contributed by atoms with Crippen LogP contribution < -0.4 is 9.64 Å². The van der Waals surface area contributed by atoms with Gasteiger partial charge in [0.05, 0.1) is 13.2 Å². The average molecular weight is 355 g/mol. The second-order valence-corrected chi connectivity index (χ2v) is 5.72. The molecule has 0 bridgehead atoms. The highest BCUT2D eigenvalue weighted by Gasteiger charge is 2.22. The molecular weight excluding hydrogens is 342 g/mol. The van der Waals surface area contributed by atoms with Gasteiger partial charge in [0.2, 0.25) is 11.8 Å². The van der Waals surface area contributed by atoms with Crippen molar-refractivity contribution in [2.24, 2.45) is 0 Å². The summed E-state index contributed by atoms with van der Waals surface area (Å²) in [6, 6.07) is 7.93. The lowest BCUT2D eigenvalue weighted by Gasteiger charge is -2.22. The fraction of sp³-hybridized carbons (Fsp3) is 0.250. The summed E-state index contributed by atoms with van der Waals surface area (Å²) in [5.41, 5.74) is 1.20. The van der Waals surface area contributed by atoms with Crippen molar-refractivity contribution in [1.82, 2.24) is 4.98 Å². The van der Waals surface area contributed by atoms with E-state index in [0.29, 0.717) is 18.3 Å². The summed E-state index contributed by atoms with van der Waals surface area (Å²) in [7, 11) is 0. The maximum Gasteiger partial charge on any atom is 0.243 e. The number of halogens is 3. The van der Waals surface area contributed by atoms with E-state index in [2.05, 4.69) is 4.98 Å². The van der Waals surface area contributed by atoms with Crippen LogP contribution in [0.2, 0.25) is 5.02 Å². The Morgan fingerprint density at radius 3 is 2.91 bits per heavy atom. The van der Waals surface area contributed by atoms with Gasteiger partial charge in [-0.3, -0.25) is 9.69 Å². The van der Waals surface area contributed by atoms with Gasteiger partial charge in [0, 0.05) is 22.6 Å². The highest BCUT2D eigenvalue weighted by molar-refractivity contribution is 6.31. The first-order valence-corrected chi connectivity index (χ1v) is 7.93. The fourth-order valence-corrected chi connectivity index (χ4v) is 2.76. The number of fused-ring (bicyclic) bond motifs is 1. The lowest BCUT2D eigenvalue weighted by Crippen LogP contribution is -2.32. The Morgan fingerprint density at radius 2 is 2.17 bits per heavy atom. The predicted octanol–water partition coefficient (Wildman–Crippen LogP) is 3.58. The molecule has 1 aliphatic heterocycles. The zero-order chi connectivity index (χ0) is 16.4. The van der Waals surface area contributed by atoms with Crippen molar-refractivity contribution in [3.05, 3.63) is 52.3 Å². The van der Waals surface area contributed by atoms with Gasteiger partial charge in [-0.1, -0.05) is 17.7 Å². The third-order valence-electron chi connectivity index (χ3n) is 3.60.